The zero-order chi connectivity index (χ0) is 14.0. The number of ketones is 1. The molecule has 0 fully saturated rings. The van der Waals surface area contributed by atoms with Gasteiger partial charge in [-0.05, 0) is 35.2 Å². The van der Waals surface area contributed by atoms with E-state index in [4.69, 9.17) is 0 Å². The molecule has 1 heterocycles. The fourth-order valence-electron chi connectivity index (χ4n) is 1.99. The average molecular weight is 255 g/mol. The SMILES string of the molecule is CC(C)(C)c1ccc(-n2cccc2C(=O)C=O)cc1. The molecule has 2 rings (SSSR count). The third-order valence-electron chi connectivity index (χ3n) is 3.12. The van der Waals surface area contributed by atoms with Gasteiger partial charge in [0.2, 0.25) is 5.78 Å². The summed E-state index contributed by atoms with van der Waals surface area (Å²) in [5.74, 6) is -0.509. The van der Waals surface area contributed by atoms with Crippen LogP contribution in [0.3, 0.4) is 0 Å². The monoisotopic (exact) mass is 255 g/mol. The van der Waals surface area contributed by atoms with Crippen molar-refractivity contribution < 1.29 is 9.59 Å². The Kier molecular flexibility index (Phi) is 3.38. The zero-order valence-electron chi connectivity index (χ0n) is 11.4. The van der Waals surface area contributed by atoms with E-state index >= 15 is 0 Å². The second-order valence-corrected chi connectivity index (χ2v) is 5.54. The van der Waals surface area contributed by atoms with Crippen LogP contribution in [0.1, 0.15) is 36.8 Å². The van der Waals surface area contributed by atoms with Gasteiger partial charge in [0, 0.05) is 11.9 Å². The predicted molar refractivity (Wildman–Crippen MR) is 74.9 cm³/mol. The number of rotatable bonds is 3. The first-order valence-corrected chi connectivity index (χ1v) is 6.21. The van der Waals surface area contributed by atoms with Crippen molar-refractivity contribution in [1.82, 2.24) is 4.57 Å². The first-order chi connectivity index (χ1) is 8.93. The van der Waals surface area contributed by atoms with Crippen molar-refractivity contribution in [3.8, 4) is 5.69 Å². The summed E-state index contributed by atoms with van der Waals surface area (Å²) in [7, 11) is 0. The number of aldehydes is 1. The van der Waals surface area contributed by atoms with E-state index < -0.39 is 5.78 Å². The summed E-state index contributed by atoms with van der Waals surface area (Å²) in [6.45, 7) is 6.46. The molecule has 0 spiro atoms. The second-order valence-electron chi connectivity index (χ2n) is 5.54. The average Bonchev–Trinajstić information content (AvgIpc) is 2.86. The highest BCUT2D eigenvalue weighted by Crippen LogP contribution is 2.23. The molecular formula is C16H17NO2. The van der Waals surface area contributed by atoms with E-state index in [2.05, 4.69) is 20.8 Å². The number of carbonyl (C=O) groups is 2. The lowest BCUT2D eigenvalue weighted by Crippen LogP contribution is -2.11. The van der Waals surface area contributed by atoms with Gasteiger partial charge in [-0.1, -0.05) is 32.9 Å². The normalized spacial score (nSPS) is 11.3. The van der Waals surface area contributed by atoms with Crippen LogP contribution in [0.2, 0.25) is 0 Å². The van der Waals surface area contributed by atoms with Crippen molar-refractivity contribution in [2.24, 2.45) is 0 Å². The van der Waals surface area contributed by atoms with Crippen molar-refractivity contribution in [1.29, 1.82) is 0 Å². The molecule has 98 valence electrons. The lowest BCUT2D eigenvalue weighted by Gasteiger charge is -2.19. The molecule has 0 atom stereocenters. The Bertz CT molecular complexity index is 600. The van der Waals surface area contributed by atoms with Gasteiger partial charge in [0.25, 0.3) is 0 Å². The molecule has 0 bridgehead atoms. The van der Waals surface area contributed by atoms with Crippen molar-refractivity contribution in [3.05, 3.63) is 53.9 Å². The molecule has 0 saturated carbocycles. The molecule has 0 aliphatic rings. The Balaban J connectivity index is 2.41. The fourth-order valence-corrected chi connectivity index (χ4v) is 1.99. The van der Waals surface area contributed by atoms with Crippen molar-refractivity contribution in [2.45, 2.75) is 26.2 Å². The maximum atomic E-state index is 11.5. The van der Waals surface area contributed by atoms with Crippen molar-refractivity contribution >= 4 is 12.1 Å². The van der Waals surface area contributed by atoms with Crippen LogP contribution in [0.5, 0.6) is 0 Å². The van der Waals surface area contributed by atoms with Gasteiger partial charge in [0.1, 0.15) is 0 Å². The Hall–Kier alpha value is -2.16. The number of Topliss-reactive ketones (excluding diaryl/α,β-unsaturated/α-hetero) is 1. The standard InChI is InChI=1S/C16H17NO2/c1-16(2,3)12-6-8-13(9-7-12)17-10-4-5-14(17)15(19)11-18/h4-11H,1-3H3. The van der Waals surface area contributed by atoms with Crippen LogP contribution in [0.15, 0.2) is 42.6 Å². The van der Waals surface area contributed by atoms with Gasteiger partial charge in [0.05, 0.1) is 5.69 Å². The summed E-state index contributed by atoms with van der Waals surface area (Å²) in [5.41, 5.74) is 2.59. The number of benzene rings is 1. The van der Waals surface area contributed by atoms with E-state index in [9.17, 15) is 9.59 Å². The Morgan fingerprint density at radius 3 is 2.26 bits per heavy atom. The highest BCUT2D eigenvalue weighted by atomic mass is 16.2. The van der Waals surface area contributed by atoms with Crippen LogP contribution in [-0.4, -0.2) is 16.6 Å². The Morgan fingerprint density at radius 2 is 1.74 bits per heavy atom. The van der Waals surface area contributed by atoms with Crippen LogP contribution in [0.25, 0.3) is 5.69 Å². The fraction of sp³-hybridized carbons (Fsp3) is 0.250. The van der Waals surface area contributed by atoms with Crippen LogP contribution >= 0.6 is 0 Å². The minimum absolute atomic E-state index is 0.0939. The zero-order valence-corrected chi connectivity index (χ0v) is 11.4. The molecule has 1 aromatic carbocycles. The van der Waals surface area contributed by atoms with E-state index in [1.165, 1.54) is 5.56 Å². The van der Waals surface area contributed by atoms with Gasteiger partial charge in [0.15, 0.2) is 6.29 Å². The topological polar surface area (TPSA) is 39.1 Å². The van der Waals surface area contributed by atoms with Crippen molar-refractivity contribution in [2.75, 3.05) is 0 Å². The lowest BCUT2D eigenvalue weighted by atomic mass is 9.87. The van der Waals surface area contributed by atoms with Crippen LogP contribution in [-0.2, 0) is 10.2 Å². The van der Waals surface area contributed by atoms with E-state index in [1.807, 2.05) is 24.3 Å². The first-order valence-electron chi connectivity index (χ1n) is 6.21. The number of aromatic nitrogens is 1. The van der Waals surface area contributed by atoms with Crippen molar-refractivity contribution in [3.63, 3.8) is 0 Å². The van der Waals surface area contributed by atoms with E-state index in [1.54, 1.807) is 22.9 Å². The summed E-state index contributed by atoms with van der Waals surface area (Å²) in [4.78, 5) is 22.1. The summed E-state index contributed by atoms with van der Waals surface area (Å²) in [6.07, 6.45) is 2.12. The molecule has 3 nitrogen and oxygen atoms in total. The smallest absolute Gasteiger partial charge is 0.242 e. The van der Waals surface area contributed by atoms with E-state index in [-0.39, 0.29) is 5.41 Å². The molecule has 0 amide bonds. The minimum atomic E-state index is -0.509. The van der Waals surface area contributed by atoms with Gasteiger partial charge < -0.3 is 4.57 Å². The molecule has 0 unspecified atom stereocenters. The molecule has 0 N–H and O–H groups in total. The molecule has 0 aliphatic carbocycles. The summed E-state index contributed by atoms with van der Waals surface area (Å²) in [5, 5.41) is 0. The highest BCUT2D eigenvalue weighted by Gasteiger charge is 2.14. The molecular weight excluding hydrogens is 238 g/mol. The van der Waals surface area contributed by atoms with Crippen LogP contribution < -0.4 is 0 Å². The highest BCUT2D eigenvalue weighted by molar-refractivity contribution is 6.32. The first kappa shape index (κ1) is 13.3. The van der Waals surface area contributed by atoms with Gasteiger partial charge >= 0.3 is 0 Å². The number of hydrogen-bond donors (Lipinski definition) is 0. The number of carbonyl (C=O) groups excluding carboxylic acids is 2. The number of hydrogen-bond acceptors (Lipinski definition) is 2. The Labute approximate surface area is 112 Å². The van der Waals surface area contributed by atoms with Gasteiger partial charge in [-0.3, -0.25) is 9.59 Å². The quantitative estimate of drug-likeness (QED) is 0.480. The molecule has 3 heteroatoms. The summed E-state index contributed by atoms with van der Waals surface area (Å²) >= 11 is 0. The summed E-state index contributed by atoms with van der Waals surface area (Å²) in [6, 6.07) is 11.4. The summed E-state index contributed by atoms with van der Waals surface area (Å²) < 4.78 is 1.73. The lowest BCUT2D eigenvalue weighted by molar-refractivity contribution is -0.104. The van der Waals surface area contributed by atoms with E-state index in [0.29, 0.717) is 12.0 Å². The predicted octanol–water partition coefficient (Wildman–Crippen LogP) is 3.16. The van der Waals surface area contributed by atoms with E-state index in [0.717, 1.165) is 5.69 Å². The molecule has 0 aliphatic heterocycles. The molecule has 1 aromatic heterocycles. The maximum absolute atomic E-state index is 11.5. The van der Waals surface area contributed by atoms with Crippen LogP contribution in [0.4, 0.5) is 0 Å². The number of nitrogens with zero attached hydrogens (tertiary/aromatic N) is 1. The van der Waals surface area contributed by atoms with Gasteiger partial charge in [-0.2, -0.15) is 0 Å². The second kappa shape index (κ2) is 4.84. The molecule has 19 heavy (non-hydrogen) atoms. The Morgan fingerprint density at radius 1 is 1.11 bits per heavy atom. The molecule has 2 aromatic rings. The van der Waals surface area contributed by atoms with Crippen LogP contribution in [0, 0.1) is 0 Å². The molecule has 0 saturated heterocycles. The third-order valence-corrected chi connectivity index (χ3v) is 3.12. The van der Waals surface area contributed by atoms with Gasteiger partial charge in [-0.15, -0.1) is 0 Å². The maximum Gasteiger partial charge on any atom is 0.242 e. The molecule has 0 radical (unpaired) electrons. The minimum Gasteiger partial charge on any atom is -0.314 e. The largest absolute Gasteiger partial charge is 0.314 e. The third kappa shape index (κ3) is 2.65. The van der Waals surface area contributed by atoms with Gasteiger partial charge in [-0.25, -0.2) is 0 Å².